The second kappa shape index (κ2) is 5.37. The lowest BCUT2D eigenvalue weighted by atomic mass is 9.96. The molecule has 1 aromatic rings. The Labute approximate surface area is 101 Å². The summed E-state index contributed by atoms with van der Waals surface area (Å²) in [5.74, 6) is 5.72. The van der Waals surface area contributed by atoms with E-state index in [0.717, 1.165) is 0 Å². The average Bonchev–Trinajstić information content (AvgIpc) is 2.25. The molecular weight excluding hydrogens is 220 g/mol. The standard InChI is InChI=1S/C12H18N2OS/c1-9-5-4-6-10(7-9)16-8-12(2,3)11(15)14-13/h4-7H,8,13H2,1-3H3,(H,14,15). The Kier molecular flexibility index (Phi) is 4.38. The van der Waals surface area contributed by atoms with Crippen LogP contribution in [0.3, 0.4) is 0 Å². The minimum absolute atomic E-state index is 0.132. The third-order valence-corrected chi connectivity index (χ3v) is 3.79. The number of carbonyl (C=O) groups is 1. The summed E-state index contributed by atoms with van der Waals surface area (Å²) in [6.45, 7) is 5.83. The average molecular weight is 238 g/mol. The molecule has 0 radical (unpaired) electrons. The summed E-state index contributed by atoms with van der Waals surface area (Å²) in [7, 11) is 0. The summed E-state index contributed by atoms with van der Waals surface area (Å²) in [5, 5.41) is 0. The number of nitrogens with two attached hydrogens (primary N) is 1. The second-order valence-corrected chi connectivity index (χ2v) is 5.51. The van der Waals surface area contributed by atoms with E-state index >= 15 is 0 Å². The van der Waals surface area contributed by atoms with Gasteiger partial charge in [-0.3, -0.25) is 10.2 Å². The molecule has 0 aliphatic carbocycles. The van der Waals surface area contributed by atoms with Crippen molar-refractivity contribution in [3.05, 3.63) is 29.8 Å². The van der Waals surface area contributed by atoms with Crippen molar-refractivity contribution >= 4 is 17.7 Å². The Morgan fingerprint density at radius 2 is 2.19 bits per heavy atom. The fourth-order valence-electron chi connectivity index (χ4n) is 1.23. The zero-order valence-electron chi connectivity index (χ0n) is 9.91. The molecule has 0 aromatic heterocycles. The summed E-state index contributed by atoms with van der Waals surface area (Å²) in [4.78, 5) is 12.7. The number of benzene rings is 1. The summed E-state index contributed by atoms with van der Waals surface area (Å²) >= 11 is 1.67. The van der Waals surface area contributed by atoms with Gasteiger partial charge < -0.3 is 0 Å². The van der Waals surface area contributed by atoms with Crippen LogP contribution in [-0.4, -0.2) is 11.7 Å². The van der Waals surface area contributed by atoms with Crippen LogP contribution in [0.1, 0.15) is 19.4 Å². The van der Waals surface area contributed by atoms with Crippen molar-refractivity contribution in [2.75, 3.05) is 5.75 Å². The minimum atomic E-state index is -0.455. The van der Waals surface area contributed by atoms with E-state index in [1.807, 2.05) is 26.0 Å². The van der Waals surface area contributed by atoms with Crippen molar-refractivity contribution in [3.8, 4) is 0 Å². The van der Waals surface area contributed by atoms with E-state index < -0.39 is 5.41 Å². The van der Waals surface area contributed by atoms with Gasteiger partial charge in [-0.15, -0.1) is 11.8 Å². The van der Waals surface area contributed by atoms with E-state index in [9.17, 15) is 4.79 Å². The molecule has 0 fully saturated rings. The molecule has 0 atom stereocenters. The van der Waals surface area contributed by atoms with Gasteiger partial charge in [0.25, 0.3) is 0 Å². The highest BCUT2D eigenvalue weighted by Crippen LogP contribution is 2.28. The highest BCUT2D eigenvalue weighted by molar-refractivity contribution is 7.99. The van der Waals surface area contributed by atoms with Crippen LogP contribution in [0.2, 0.25) is 0 Å². The SMILES string of the molecule is Cc1cccc(SCC(C)(C)C(=O)NN)c1. The van der Waals surface area contributed by atoms with E-state index in [4.69, 9.17) is 5.84 Å². The molecule has 3 N–H and O–H groups in total. The lowest BCUT2D eigenvalue weighted by Crippen LogP contribution is -2.42. The Bertz CT molecular complexity index is 377. The molecule has 0 aliphatic heterocycles. The number of carbonyl (C=O) groups excluding carboxylic acids is 1. The van der Waals surface area contributed by atoms with Crippen molar-refractivity contribution < 1.29 is 4.79 Å². The number of hydrazine groups is 1. The van der Waals surface area contributed by atoms with Crippen LogP contribution in [0, 0.1) is 12.3 Å². The van der Waals surface area contributed by atoms with Gasteiger partial charge in [0.15, 0.2) is 0 Å². The molecular formula is C12H18N2OS. The molecule has 1 rings (SSSR count). The fourth-order valence-corrected chi connectivity index (χ4v) is 2.33. The zero-order chi connectivity index (χ0) is 12.2. The maximum Gasteiger partial charge on any atom is 0.240 e. The summed E-state index contributed by atoms with van der Waals surface area (Å²) in [6.07, 6.45) is 0. The Balaban J connectivity index is 2.61. The largest absolute Gasteiger partial charge is 0.294 e. The van der Waals surface area contributed by atoms with Crippen LogP contribution in [0.5, 0.6) is 0 Å². The summed E-state index contributed by atoms with van der Waals surface area (Å²) in [6, 6.07) is 8.24. The fraction of sp³-hybridized carbons (Fsp3) is 0.417. The molecule has 1 amide bonds. The van der Waals surface area contributed by atoms with Gasteiger partial charge in [0, 0.05) is 10.6 Å². The molecule has 0 heterocycles. The maximum atomic E-state index is 11.5. The maximum absolute atomic E-state index is 11.5. The minimum Gasteiger partial charge on any atom is -0.294 e. The van der Waals surface area contributed by atoms with Crippen molar-refractivity contribution in [1.82, 2.24) is 5.43 Å². The predicted molar refractivity (Wildman–Crippen MR) is 68.0 cm³/mol. The van der Waals surface area contributed by atoms with Crippen LogP contribution in [0.15, 0.2) is 29.2 Å². The van der Waals surface area contributed by atoms with Crippen LogP contribution < -0.4 is 11.3 Å². The van der Waals surface area contributed by atoms with Crippen LogP contribution in [-0.2, 0) is 4.79 Å². The van der Waals surface area contributed by atoms with Crippen molar-refractivity contribution in [2.45, 2.75) is 25.7 Å². The van der Waals surface area contributed by atoms with Gasteiger partial charge in [0.05, 0.1) is 5.41 Å². The highest BCUT2D eigenvalue weighted by atomic mass is 32.2. The smallest absolute Gasteiger partial charge is 0.240 e. The Morgan fingerprint density at radius 3 is 2.75 bits per heavy atom. The number of amides is 1. The van der Waals surface area contributed by atoms with Gasteiger partial charge in [-0.25, -0.2) is 5.84 Å². The van der Waals surface area contributed by atoms with E-state index in [1.54, 1.807) is 11.8 Å². The number of thioether (sulfide) groups is 1. The highest BCUT2D eigenvalue weighted by Gasteiger charge is 2.26. The number of hydrogen-bond acceptors (Lipinski definition) is 3. The van der Waals surface area contributed by atoms with Crippen LogP contribution in [0.25, 0.3) is 0 Å². The molecule has 88 valence electrons. The lowest BCUT2D eigenvalue weighted by molar-refractivity contribution is -0.128. The third kappa shape index (κ3) is 3.54. The summed E-state index contributed by atoms with van der Waals surface area (Å²) in [5.41, 5.74) is 2.97. The van der Waals surface area contributed by atoms with Crippen LogP contribution in [0.4, 0.5) is 0 Å². The van der Waals surface area contributed by atoms with Gasteiger partial charge in [0.2, 0.25) is 5.91 Å². The number of rotatable bonds is 4. The summed E-state index contributed by atoms with van der Waals surface area (Å²) < 4.78 is 0. The van der Waals surface area contributed by atoms with Gasteiger partial charge in [-0.2, -0.15) is 0 Å². The Morgan fingerprint density at radius 1 is 1.50 bits per heavy atom. The molecule has 0 bridgehead atoms. The Hall–Kier alpha value is -1.00. The van der Waals surface area contributed by atoms with Crippen molar-refractivity contribution in [3.63, 3.8) is 0 Å². The monoisotopic (exact) mass is 238 g/mol. The molecule has 1 aromatic carbocycles. The zero-order valence-corrected chi connectivity index (χ0v) is 10.7. The molecule has 16 heavy (non-hydrogen) atoms. The topological polar surface area (TPSA) is 55.1 Å². The number of hydrogen-bond donors (Lipinski definition) is 2. The van der Waals surface area contributed by atoms with E-state index in [2.05, 4.69) is 24.5 Å². The quantitative estimate of drug-likeness (QED) is 0.365. The molecule has 0 aliphatic rings. The molecule has 4 heteroatoms. The van der Waals surface area contributed by atoms with E-state index in [0.29, 0.717) is 5.75 Å². The number of aryl methyl sites for hydroxylation is 1. The number of nitrogens with one attached hydrogen (secondary N) is 1. The normalized spacial score (nSPS) is 11.2. The molecule has 0 spiro atoms. The molecule has 0 saturated heterocycles. The molecule has 0 unspecified atom stereocenters. The first-order valence-corrected chi connectivity index (χ1v) is 6.15. The van der Waals surface area contributed by atoms with Gasteiger partial charge in [-0.1, -0.05) is 31.5 Å². The first-order valence-electron chi connectivity index (χ1n) is 5.16. The van der Waals surface area contributed by atoms with E-state index in [-0.39, 0.29) is 5.91 Å². The first-order chi connectivity index (χ1) is 7.45. The third-order valence-electron chi connectivity index (χ3n) is 2.33. The van der Waals surface area contributed by atoms with Crippen molar-refractivity contribution in [2.24, 2.45) is 11.3 Å². The van der Waals surface area contributed by atoms with Crippen molar-refractivity contribution in [1.29, 1.82) is 0 Å². The first kappa shape index (κ1) is 13.1. The second-order valence-electron chi connectivity index (χ2n) is 4.46. The van der Waals surface area contributed by atoms with Gasteiger partial charge >= 0.3 is 0 Å². The van der Waals surface area contributed by atoms with E-state index in [1.165, 1.54) is 10.5 Å². The van der Waals surface area contributed by atoms with Gasteiger partial charge in [-0.05, 0) is 19.1 Å². The lowest BCUT2D eigenvalue weighted by Gasteiger charge is -2.21. The van der Waals surface area contributed by atoms with Gasteiger partial charge in [0.1, 0.15) is 0 Å². The predicted octanol–water partition coefficient (Wildman–Crippen LogP) is 2.10. The van der Waals surface area contributed by atoms with Crippen LogP contribution >= 0.6 is 11.8 Å². The molecule has 0 saturated carbocycles. The molecule has 3 nitrogen and oxygen atoms in total.